The van der Waals surface area contributed by atoms with Crippen LogP contribution in [-0.4, -0.2) is 10.9 Å². The lowest BCUT2D eigenvalue weighted by molar-refractivity contribution is -0.117. The van der Waals surface area contributed by atoms with Crippen LogP contribution in [0.2, 0.25) is 0 Å². The van der Waals surface area contributed by atoms with Crippen LogP contribution in [0, 0.1) is 24.2 Å². The summed E-state index contributed by atoms with van der Waals surface area (Å²) >= 11 is 1.46. The smallest absolute Gasteiger partial charge is 0.242 e. The van der Waals surface area contributed by atoms with Crippen molar-refractivity contribution in [1.82, 2.24) is 4.98 Å². The fourth-order valence-corrected chi connectivity index (χ4v) is 1.26. The van der Waals surface area contributed by atoms with Crippen LogP contribution in [-0.2, 0) is 4.79 Å². The third-order valence-corrected chi connectivity index (χ3v) is 2.23. The third-order valence-electron chi connectivity index (χ3n) is 1.46. The molecule has 1 aromatic rings. The molecule has 0 fully saturated rings. The molecular weight excluding hydrogens is 186 g/mol. The molecule has 68 valence electrons. The van der Waals surface area contributed by atoms with Crippen LogP contribution in [0.3, 0.4) is 0 Å². The summed E-state index contributed by atoms with van der Waals surface area (Å²) in [5, 5.41) is 13.6. The van der Waals surface area contributed by atoms with Crippen molar-refractivity contribution in [3.63, 3.8) is 0 Å². The number of amides is 1. The van der Waals surface area contributed by atoms with Gasteiger partial charge < -0.3 is 5.32 Å². The average Bonchev–Trinajstić information content (AvgIpc) is 2.49. The van der Waals surface area contributed by atoms with Gasteiger partial charge in [-0.15, -0.1) is 11.3 Å². The molecule has 1 unspecified atom stereocenters. The van der Waals surface area contributed by atoms with Gasteiger partial charge in [-0.05, 0) is 13.8 Å². The van der Waals surface area contributed by atoms with Crippen LogP contribution in [0.25, 0.3) is 0 Å². The van der Waals surface area contributed by atoms with Gasteiger partial charge in [-0.25, -0.2) is 4.98 Å². The molecule has 0 aromatic carbocycles. The van der Waals surface area contributed by atoms with Gasteiger partial charge in [0, 0.05) is 5.38 Å². The fourth-order valence-electron chi connectivity index (χ4n) is 0.714. The molecule has 1 amide bonds. The number of nitrogens with one attached hydrogen (secondary N) is 1. The minimum absolute atomic E-state index is 0.312. The van der Waals surface area contributed by atoms with Crippen molar-refractivity contribution in [2.24, 2.45) is 5.92 Å². The maximum atomic E-state index is 11.2. The molecule has 0 aliphatic carbocycles. The van der Waals surface area contributed by atoms with E-state index in [-0.39, 0.29) is 5.91 Å². The van der Waals surface area contributed by atoms with Crippen LogP contribution in [0.5, 0.6) is 0 Å². The summed E-state index contributed by atoms with van der Waals surface area (Å²) < 4.78 is 0. The molecule has 0 bridgehead atoms. The van der Waals surface area contributed by atoms with Crippen LogP contribution in [0.1, 0.15) is 11.9 Å². The number of carbonyl (C=O) groups excluding carboxylic acids is 1. The molecule has 0 aliphatic heterocycles. The Labute approximate surface area is 80.2 Å². The summed E-state index contributed by atoms with van der Waals surface area (Å²) in [7, 11) is 0. The molecule has 0 saturated carbocycles. The highest BCUT2D eigenvalue weighted by molar-refractivity contribution is 7.09. The number of aromatic nitrogens is 1. The summed E-state index contributed by atoms with van der Waals surface area (Å²) in [6, 6.07) is 1.86. The van der Waals surface area contributed by atoms with E-state index in [0.29, 0.717) is 5.82 Å². The Morgan fingerprint density at radius 1 is 1.85 bits per heavy atom. The van der Waals surface area contributed by atoms with E-state index in [4.69, 9.17) is 5.26 Å². The first kappa shape index (κ1) is 9.68. The Morgan fingerprint density at radius 3 is 3.00 bits per heavy atom. The van der Waals surface area contributed by atoms with Crippen molar-refractivity contribution < 1.29 is 4.79 Å². The van der Waals surface area contributed by atoms with Crippen molar-refractivity contribution in [1.29, 1.82) is 5.26 Å². The van der Waals surface area contributed by atoms with Gasteiger partial charge in [-0.3, -0.25) is 4.79 Å². The molecule has 0 saturated heterocycles. The number of thiazole rings is 1. The standard InChI is InChI=1S/C8H9N3OS/c1-5(3-9)8(12)11-7-4-13-6(2)10-7/h4-5H,1-2H3,(H,11,12). The fraction of sp³-hybridized carbons (Fsp3) is 0.375. The molecule has 0 spiro atoms. The van der Waals surface area contributed by atoms with Crippen molar-refractivity contribution in [2.45, 2.75) is 13.8 Å². The van der Waals surface area contributed by atoms with E-state index in [1.807, 2.05) is 13.0 Å². The van der Waals surface area contributed by atoms with Gasteiger partial charge >= 0.3 is 0 Å². The largest absolute Gasteiger partial charge is 0.309 e. The number of nitriles is 1. The second kappa shape index (κ2) is 4.01. The van der Waals surface area contributed by atoms with E-state index in [0.717, 1.165) is 5.01 Å². The van der Waals surface area contributed by atoms with Gasteiger partial charge in [0.1, 0.15) is 11.7 Å². The Balaban J connectivity index is 2.61. The first-order valence-electron chi connectivity index (χ1n) is 3.76. The molecule has 1 aromatic heterocycles. The molecule has 0 aliphatic rings. The Bertz CT molecular complexity index is 353. The summed E-state index contributed by atoms with van der Waals surface area (Å²) in [5.74, 6) is -0.426. The molecular formula is C8H9N3OS. The number of hydrogen-bond acceptors (Lipinski definition) is 4. The van der Waals surface area contributed by atoms with Crippen LogP contribution in [0.4, 0.5) is 5.82 Å². The Kier molecular flexibility index (Phi) is 2.98. The topological polar surface area (TPSA) is 65.8 Å². The van der Waals surface area contributed by atoms with Crippen LogP contribution in [0.15, 0.2) is 5.38 Å². The molecule has 1 N–H and O–H groups in total. The zero-order chi connectivity index (χ0) is 9.84. The van der Waals surface area contributed by atoms with E-state index in [1.54, 1.807) is 12.3 Å². The van der Waals surface area contributed by atoms with E-state index < -0.39 is 5.92 Å². The van der Waals surface area contributed by atoms with E-state index in [1.165, 1.54) is 11.3 Å². The van der Waals surface area contributed by atoms with E-state index in [9.17, 15) is 4.79 Å². The maximum Gasteiger partial charge on any atom is 0.242 e. The Morgan fingerprint density at radius 2 is 2.54 bits per heavy atom. The maximum absolute atomic E-state index is 11.2. The number of aryl methyl sites for hydroxylation is 1. The third kappa shape index (κ3) is 2.53. The molecule has 1 atom stereocenters. The average molecular weight is 195 g/mol. The minimum Gasteiger partial charge on any atom is -0.309 e. The van der Waals surface area contributed by atoms with Gasteiger partial charge in [0.2, 0.25) is 5.91 Å². The zero-order valence-corrected chi connectivity index (χ0v) is 8.18. The number of anilines is 1. The zero-order valence-electron chi connectivity index (χ0n) is 7.37. The van der Waals surface area contributed by atoms with Gasteiger partial charge in [0.05, 0.1) is 11.1 Å². The lowest BCUT2D eigenvalue weighted by Gasteiger charge is -2.01. The summed E-state index contributed by atoms with van der Waals surface area (Å²) in [6.07, 6.45) is 0. The number of hydrogen-bond donors (Lipinski definition) is 1. The highest BCUT2D eigenvalue weighted by atomic mass is 32.1. The monoisotopic (exact) mass is 195 g/mol. The molecule has 1 rings (SSSR count). The highest BCUT2D eigenvalue weighted by Gasteiger charge is 2.12. The normalized spacial score (nSPS) is 11.8. The molecule has 4 nitrogen and oxygen atoms in total. The summed E-state index contributed by atoms with van der Waals surface area (Å²) in [5.41, 5.74) is 0. The first-order chi connectivity index (χ1) is 6.13. The first-order valence-corrected chi connectivity index (χ1v) is 4.64. The SMILES string of the molecule is Cc1nc(NC(=O)C(C)C#N)cs1. The van der Waals surface area contributed by atoms with E-state index in [2.05, 4.69) is 10.3 Å². The number of carbonyl (C=O) groups is 1. The van der Waals surface area contributed by atoms with Crippen molar-refractivity contribution in [3.05, 3.63) is 10.4 Å². The van der Waals surface area contributed by atoms with Gasteiger partial charge in [-0.1, -0.05) is 0 Å². The predicted molar refractivity (Wildman–Crippen MR) is 50.3 cm³/mol. The quantitative estimate of drug-likeness (QED) is 0.778. The molecule has 1 heterocycles. The van der Waals surface area contributed by atoms with Crippen molar-refractivity contribution in [3.8, 4) is 6.07 Å². The molecule has 0 radical (unpaired) electrons. The second-order valence-electron chi connectivity index (χ2n) is 2.59. The Hall–Kier alpha value is -1.41. The second-order valence-corrected chi connectivity index (χ2v) is 3.65. The van der Waals surface area contributed by atoms with Crippen LogP contribution >= 0.6 is 11.3 Å². The molecule has 13 heavy (non-hydrogen) atoms. The van der Waals surface area contributed by atoms with Gasteiger partial charge in [-0.2, -0.15) is 5.26 Å². The number of rotatable bonds is 2. The predicted octanol–water partition coefficient (Wildman–Crippen LogP) is 1.55. The minimum atomic E-state index is -0.637. The lowest BCUT2D eigenvalue weighted by Crippen LogP contribution is -2.19. The van der Waals surface area contributed by atoms with E-state index >= 15 is 0 Å². The number of nitrogens with zero attached hydrogens (tertiary/aromatic N) is 2. The van der Waals surface area contributed by atoms with Gasteiger partial charge in [0.25, 0.3) is 0 Å². The lowest BCUT2D eigenvalue weighted by atomic mass is 10.2. The van der Waals surface area contributed by atoms with Crippen molar-refractivity contribution >= 4 is 23.1 Å². The molecule has 5 heteroatoms. The van der Waals surface area contributed by atoms with Crippen molar-refractivity contribution in [2.75, 3.05) is 5.32 Å². The van der Waals surface area contributed by atoms with Gasteiger partial charge in [0.15, 0.2) is 0 Å². The highest BCUT2D eigenvalue weighted by Crippen LogP contribution is 2.13. The summed E-state index contributed by atoms with van der Waals surface area (Å²) in [4.78, 5) is 15.2. The van der Waals surface area contributed by atoms with Crippen LogP contribution < -0.4 is 5.32 Å². The summed E-state index contributed by atoms with van der Waals surface area (Å²) in [6.45, 7) is 3.41.